The number of furan rings is 1. The standard InChI is InChI=1S/C55H33N3OS/c1-3-13-34(14-4-1)40-19-12-22-45-50(40)51-44-18-8-10-24-49(44)60-54(51)52(56-45)38-29-31-39(32-30-38)55-57-46(36-15-5-2-6-16-36)33-47(58-55)37-27-25-35(26-28-37)41-20-11-21-43-42-17-7-9-23-48(42)59-53(41)43/h1-33H. The van der Waals surface area contributed by atoms with E-state index in [1.54, 1.807) is 0 Å². The lowest BCUT2D eigenvalue weighted by Gasteiger charge is -2.12. The van der Waals surface area contributed by atoms with E-state index < -0.39 is 0 Å². The predicted molar refractivity (Wildman–Crippen MR) is 250 cm³/mol. The lowest BCUT2D eigenvalue weighted by atomic mass is 9.95. The van der Waals surface area contributed by atoms with Gasteiger partial charge in [0, 0.05) is 59.4 Å². The van der Waals surface area contributed by atoms with Crippen molar-refractivity contribution in [1.82, 2.24) is 15.0 Å². The zero-order valence-corrected chi connectivity index (χ0v) is 33.0. The molecule has 0 amide bonds. The highest BCUT2D eigenvalue weighted by Crippen LogP contribution is 2.46. The van der Waals surface area contributed by atoms with Gasteiger partial charge in [0.15, 0.2) is 5.82 Å². The van der Waals surface area contributed by atoms with Crippen LogP contribution in [0.1, 0.15) is 0 Å². The molecule has 0 aliphatic rings. The highest BCUT2D eigenvalue weighted by atomic mass is 32.1. The molecule has 12 aromatic rings. The Morgan fingerprint density at radius 1 is 0.383 bits per heavy atom. The number of aromatic nitrogens is 3. The van der Waals surface area contributed by atoms with Crippen molar-refractivity contribution in [3.63, 3.8) is 0 Å². The quantitative estimate of drug-likeness (QED) is 0.169. The van der Waals surface area contributed by atoms with Gasteiger partial charge in [-0.1, -0.05) is 176 Å². The van der Waals surface area contributed by atoms with Crippen molar-refractivity contribution >= 4 is 64.4 Å². The molecular formula is C55H33N3OS. The molecule has 0 N–H and O–H groups in total. The molecule has 4 aromatic heterocycles. The maximum Gasteiger partial charge on any atom is 0.160 e. The van der Waals surface area contributed by atoms with Crippen LogP contribution in [0.2, 0.25) is 0 Å². The minimum Gasteiger partial charge on any atom is -0.455 e. The van der Waals surface area contributed by atoms with Crippen molar-refractivity contribution in [2.45, 2.75) is 0 Å². The third-order valence-electron chi connectivity index (χ3n) is 11.5. The summed E-state index contributed by atoms with van der Waals surface area (Å²) in [5, 5.41) is 5.94. The van der Waals surface area contributed by atoms with Gasteiger partial charge in [-0.25, -0.2) is 15.0 Å². The maximum absolute atomic E-state index is 6.37. The van der Waals surface area contributed by atoms with E-state index >= 15 is 0 Å². The highest BCUT2D eigenvalue weighted by Gasteiger charge is 2.20. The van der Waals surface area contributed by atoms with Gasteiger partial charge in [0.05, 0.1) is 27.3 Å². The SMILES string of the molecule is c1ccc(-c2cc(-c3ccc(-c4cccc5c4oc4ccccc45)cc3)nc(-c3ccc(-c4nc5cccc(-c6ccccc6)c5c5c4sc4ccccc45)cc3)n2)cc1. The summed E-state index contributed by atoms with van der Waals surface area (Å²) in [5.41, 5.74) is 14.0. The van der Waals surface area contributed by atoms with Crippen LogP contribution < -0.4 is 0 Å². The maximum atomic E-state index is 6.37. The molecule has 12 rings (SSSR count). The molecule has 280 valence electrons. The first-order valence-electron chi connectivity index (χ1n) is 20.1. The fourth-order valence-electron chi connectivity index (χ4n) is 8.63. The molecule has 0 aliphatic heterocycles. The predicted octanol–water partition coefficient (Wildman–Crippen LogP) is 15.3. The van der Waals surface area contributed by atoms with Crippen molar-refractivity contribution in [2.24, 2.45) is 0 Å². The summed E-state index contributed by atoms with van der Waals surface area (Å²) in [6, 6.07) is 70.0. The minimum absolute atomic E-state index is 0.667. The Hall–Kier alpha value is -7.73. The van der Waals surface area contributed by atoms with Gasteiger partial charge >= 0.3 is 0 Å². The van der Waals surface area contributed by atoms with Crippen LogP contribution in [-0.2, 0) is 0 Å². The molecule has 5 heteroatoms. The van der Waals surface area contributed by atoms with Crippen molar-refractivity contribution in [2.75, 3.05) is 0 Å². The van der Waals surface area contributed by atoms with E-state index in [9.17, 15) is 0 Å². The minimum atomic E-state index is 0.667. The number of hydrogen-bond donors (Lipinski definition) is 0. The van der Waals surface area contributed by atoms with E-state index in [1.807, 2.05) is 41.7 Å². The fraction of sp³-hybridized carbons (Fsp3) is 0. The van der Waals surface area contributed by atoms with Crippen LogP contribution in [0.3, 0.4) is 0 Å². The molecule has 0 spiro atoms. The molecular weight excluding hydrogens is 751 g/mol. The van der Waals surface area contributed by atoms with Gasteiger partial charge in [-0.3, -0.25) is 0 Å². The van der Waals surface area contributed by atoms with Crippen molar-refractivity contribution in [1.29, 1.82) is 0 Å². The van der Waals surface area contributed by atoms with Crippen LogP contribution in [0.25, 0.3) is 120 Å². The van der Waals surface area contributed by atoms with Crippen LogP contribution in [0.15, 0.2) is 205 Å². The van der Waals surface area contributed by atoms with Crippen LogP contribution >= 0.6 is 11.3 Å². The van der Waals surface area contributed by atoms with Gasteiger partial charge in [-0.2, -0.15) is 0 Å². The van der Waals surface area contributed by atoms with E-state index in [4.69, 9.17) is 19.4 Å². The highest BCUT2D eigenvalue weighted by molar-refractivity contribution is 7.26. The summed E-state index contributed by atoms with van der Waals surface area (Å²) < 4.78 is 8.81. The van der Waals surface area contributed by atoms with Crippen LogP contribution in [0.5, 0.6) is 0 Å². The Balaban J connectivity index is 0.958. The van der Waals surface area contributed by atoms with E-state index in [0.29, 0.717) is 5.82 Å². The smallest absolute Gasteiger partial charge is 0.160 e. The van der Waals surface area contributed by atoms with Crippen molar-refractivity contribution in [3.05, 3.63) is 200 Å². The number of thiophene rings is 1. The first-order chi connectivity index (χ1) is 29.7. The molecule has 60 heavy (non-hydrogen) atoms. The lowest BCUT2D eigenvalue weighted by Crippen LogP contribution is -1.96. The lowest BCUT2D eigenvalue weighted by molar-refractivity contribution is 0.670. The largest absolute Gasteiger partial charge is 0.455 e. The van der Waals surface area contributed by atoms with E-state index in [0.717, 1.165) is 77.9 Å². The summed E-state index contributed by atoms with van der Waals surface area (Å²) in [7, 11) is 0. The van der Waals surface area contributed by atoms with E-state index in [2.05, 4.69) is 170 Å². The average Bonchev–Trinajstić information content (AvgIpc) is 3.91. The second-order valence-corrected chi connectivity index (χ2v) is 16.1. The molecule has 0 aliphatic carbocycles. The van der Waals surface area contributed by atoms with Gasteiger partial charge in [0.2, 0.25) is 0 Å². The molecule has 0 bridgehead atoms. The number of para-hydroxylation sites is 2. The van der Waals surface area contributed by atoms with Gasteiger partial charge in [0.1, 0.15) is 11.2 Å². The third kappa shape index (κ3) is 5.70. The second-order valence-electron chi connectivity index (χ2n) is 15.1. The Kier molecular flexibility index (Phi) is 8.00. The number of rotatable bonds is 6. The van der Waals surface area contributed by atoms with Gasteiger partial charge in [0.25, 0.3) is 0 Å². The molecule has 4 heterocycles. The Bertz CT molecular complexity index is 3570. The Morgan fingerprint density at radius 3 is 1.73 bits per heavy atom. The summed E-state index contributed by atoms with van der Waals surface area (Å²) >= 11 is 1.81. The normalized spacial score (nSPS) is 11.7. The van der Waals surface area contributed by atoms with E-state index in [-0.39, 0.29) is 0 Å². The molecule has 8 aromatic carbocycles. The zero-order chi connectivity index (χ0) is 39.6. The number of pyridine rings is 1. The van der Waals surface area contributed by atoms with Crippen LogP contribution in [0, 0.1) is 0 Å². The fourth-order valence-corrected chi connectivity index (χ4v) is 9.86. The Labute approximate surface area is 349 Å². The molecule has 0 saturated heterocycles. The molecule has 0 atom stereocenters. The number of nitrogens with zero attached hydrogens (tertiary/aromatic N) is 3. The zero-order valence-electron chi connectivity index (χ0n) is 32.2. The molecule has 0 fully saturated rings. The third-order valence-corrected chi connectivity index (χ3v) is 12.7. The number of fused-ring (bicyclic) bond motifs is 8. The van der Waals surface area contributed by atoms with E-state index in [1.165, 1.54) is 36.7 Å². The van der Waals surface area contributed by atoms with Crippen LogP contribution in [0.4, 0.5) is 0 Å². The number of hydrogen-bond acceptors (Lipinski definition) is 5. The van der Waals surface area contributed by atoms with Gasteiger partial charge in [-0.15, -0.1) is 11.3 Å². The van der Waals surface area contributed by atoms with Gasteiger partial charge in [-0.05, 0) is 41.0 Å². The van der Waals surface area contributed by atoms with Crippen molar-refractivity contribution < 1.29 is 4.42 Å². The summed E-state index contributed by atoms with van der Waals surface area (Å²) in [5.74, 6) is 0.667. The molecule has 0 radical (unpaired) electrons. The number of benzene rings is 8. The Morgan fingerprint density at radius 2 is 0.950 bits per heavy atom. The van der Waals surface area contributed by atoms with Crippen LogP contribution in [-0.4, -0.2) is 15.0 Å². The topological polar surface area (TPSA) is 51.8 Å². The summed E-state index contributed by atoms with van der Waals surface area (Å²) in [4.78, 5) is 15.7. The first-order valence-corrected chi connectivity index (χ1v) is 20.9. The second kappa shape index (κ2) is 14.0. The monoisotopic (exact) mass is 783 g/mol. The molecule has 0 unspecified atom stereocenters. The summed E-state index contributed by atoms with van der Waals surface area (Å²) in [6.45, 7) is 0. The van der Waals surface area contributed by atoms with Crippen molar-refractivity contribution in [3.8, 4) is 67.4 Å². The molecule has 4 nitrogen and oxygen atoms in total. The first kappa shape index (κ1) is 34.3. The van der Waals surface area contributed by atoms with Gasteiger partial charge < -0.3 is 4.42 Å². The summed E-state index contributed by atoms with van der Waals surface area (Å²) in [6.07, 6.45) is 0. The average molecular weight is 784 g/mol. The molecule has 0 saturated carbocycles.